The summed E-state index contributed by atoms with van der Waals surface area (Å²) in [5.41, 5.74) is 0.433. The summed E-state index contributed by atoms with van der Waals surface area (Å²) in [5.74, 6) is 0.862. The topological polar surface area (TPSA) is 29.1 Å². The van der Waals surface area contributed by atoms with Crippen LogP contribution in [0.3, 0.4) is 0 Å². The molecule has 0 radical (unpaired) electrons. The highest BCUT2D eigenvalue weighted by Gasteiger charge is 2.45. The van der Waals surface area contributed by atoms with Gasteiger partial charge in [-0.2, -0.15) is 0 Å². The maximum atomic E-state index is 11.2. The van der Waals surface area contributed by atoms with Crippen molar-refractivity contribution in [1.82, 2.24) is 5.32 Å². The second-order valence-electron chi connectivity index (χ2n) is 4.23. The highest BCUT2D eigenvalue weighted by molar-refractivity contribution is 9.09. The molecule has 0 saturated heterocycles. The minimum Gasteiger partial charge on any atom is -0.356 e. The summed E-state index contributed by atoms with van der Waals surface area (Å²) in [6.45, 7) is 5.35. The fraction of sp³-hybridized carbons (Fsp3) is 0.900. The summed E-state index contributed by atoms with van der Waals surface area (Å²) in [5, 5.41) is 3.76. The van der Waals surface area contributed by atoms with E-state index in [0.717, 1.165) is 11.9 Å². The molecule has 0 spiro atoms. The Kier molecular flexibility index (Phi) is 3.77. The van der Waals surface area contributed by atoms with Gasteiger partial charge in [-0.3, -0.25) is 4.79 Å². The number of amides is 1. The molecule has 0 heterocycles. The van der Waals surface area contributed by atoms with E-state index in [1.807, 2.05) is 0 Å². The number of hydrogen-bond acceptors (Lipinski definition) is 1. The second kappa shape index (κ2) is 4.45. The lowest BCUT2D eigenvalue weighted by atomic mass is 9.92. The van der Waals surface area contributed by atoms with Crippen LogP contribution < -0.4 is 5.32 Å². The first-order chi connectivity index (χ1) is 6.10. The third-order valence-electron chi connectivity index (χ3n) is 3.08. The number of carbonyl (C=O) groups excluding carboxylic acids is 1. The zero-order valence-electron chi connectivity index (χ0n) is 8.40. The maximum absolute atomic E-state index is 11.2. The Morgan fingerprint density at radius 1 is 1.54 bits per heavy atom. The first-order valence-electron chi connectivity index (χ1n) is 4.93. The summed E-state index contributed by atoms with van der Waals surface area (Å²) in [6.07, 6.45) is 3.15. The highest BCUT2D eigenvalue weighted by Crippen LogP contribution is 2.51. The van der Waals surface area contributed by atoms with E-state index in [1.165, 1.54) is 12.8 Å². The fourth-order valence-electron chi connectivity index (χ4n) is 1.57. The Morgan fingerprint density at radius 3 is 2.54 bits per heavy atom. The molecule has 2 nitrogen and oxygen atoms in total. The molecule has 0 aromatic carbocycles. The van der Waals surface area contributed by atoms with E-state index in [-0.39, 0.29) is 5.91 Å². The van der Waals surface area contributed by atoms with Gasteiger partial charge in [0.15, 0.2) is 0 Å². The molecule has 1 amide bonds. The van der Waals surface area contributed by atoms with Crippen LogP contribution >= 0.6 is 15.9 Å². The molecule has 1 rings (SSSR count). The molecule has 1 aliphatic rings. The molecule has 0 aromatic heterocycles. The summed E-state index contributed by atoms with van der Waals surface area (Å²) >= 11 is 3.25. The van der Waals surface area contributed by atoms with Crippen molar-refractivity contribution in [2.75, 3.05) is 11.9 Å². The Bertz CT molecular complexity index is 187. The number of nitrogens with one attached hydrogen (secondary N) is 1. The average molecular weight is 248 g/mol. The molecule has 0 atom stereocenters. The van der Waals surface area contributed by atoms with E-state index >= 15 is 0 Å². The average Bonchev–Trinajstić information content (AvgIpc) is 2.82. The molecule has 0 unspecified atom stereocenters. The fourth-order valence-corrected chi connectivity index (χ4v) is 1.93. The molecule has 1 N–H and O–H groups in total. The van der Waals surface area contributed by atoms with Crippen LogP contribution in [0.5, 0.6) is 0 Å². The summed E-state index contributed by atoms with van der Waals surface area (Å²) in [6, 6.07) is 0. The van der Waals surface area contributed by atoms with Gasteiger partial charge < -0.3 is 5.32 Å². The third kappa shape index (κ3) is 2.97. The summed E-state index contributed by atoms with van der Waals surface area (Å²) < 4.78 is 0. The van der Waals surface area contributed by atoms with Gasteiger partial charge in [0.05, 0.1) is 0 Å². The van der Waals surface area contributed by atoms with Gasteiger partial charge in [-0.05, 0) is 24.2 Å². The minimum atomic E-state index is 0.170. The maximum Gasteiger partial charge on any atom is 0.220 e. The van der Waals surface area contributed by atoms with E-state index < -0.39 is 0 Å². The number of rotatable bonds is 5. The van der Waals surface area contributed by atoms with Crippen LogP contribution in [0.2, 0.25) is 0 Å². The van der Waals surface area contributed by atoms with Crippen molar-refractivity contribution >= 4 is 21.8 Å². The summed E-state index contributed by atoms with van der Waals surface area (Å²) in [4.78, 5) is 11.2. The minimum absolute atomic E-state index is 0.170. The van der Waals surface area contributed by atoms with E-state index in [2.05, 4.69) is 35.1 Å². The molecule has 0 aliphatic heterocycles. The van der Waals surface area contributed by atoms with Gasteiger partial charge in [0, 0.05) is 18.3 Å². The van der Waals surface area contributed by atoms with Crippen LogP contribution in [0.1, 0.15) is 33.1 Å². The molecular formula is C10H18BrNO. The standard InChI is InChI=1S/C10H18BrNO/c1-8(2)10(4-5-10)7-12-9(13)3-6-11/h8H,3-7H2,1-2H3,(H,12,13). The van der Waals surface area contributed by atoms with Crippen molar-refractivity contribution in [3.63, 3.8) is 0 Å². The first-order valence-corrected chi connectivity index (χ1v) is 6.05. The number of carbonyl (C=O) groups is 1. The molecular weight excluding hydrogens is 230 g/mol. The Hall–Kier alpha value is -0.0500. The van der Waals surface area contributed by atoms with Crippen molar-refractivity contribution in [1.29, 1.82) is 0 Å². The van der Waals surface area contributed by atoms with Crippen LogP contribution in [-0.2, 0) is 4.79 Å². The lowest BCUT2D eigenvalue weighted by Gasteiger charge is -2.19. The molecule has 0 bridgehead atoms. The number of halogens is 1. The quantitative estimate of drug-likeness (QED) is 0.743. The number of alkyl halides is 1. The van der Waals surface area contributed by atoms with E-state index in [0.29, 0.717) is 17.8 Å². The molecule has 76 valence electrons. The van der Waals surface area contributed by atoms with Gasteiger partial charge in [0.25, 0.3) is 0 Å². The van der Waals surface area contributed by atoms with E-state index in [9.17, 15) is 4.79 Å². The Labute approximate surface area is 88.6 Å². The molecule has 0 aromatic rings. The van der Waals surface area contributed by atoms with E-state index in [1.54, 1.807) is 0 Å². The molecule has 1 aliphatic carbocycles. The van der Waals surface area contributed by atoms with Crippen LogP contribution in [0.25, 0.3) is 0 Å². The zero-order valence-corrected chi connectivity index (χ0v) is 9.99. The van der Waals surface area contributed by atoms with Crippen LogP contribution in [-0.4, -0.2) is 17.8 Å². The van der Waals surface area contributed by atoms with E-state index in [4.69, 9.17) is 0 Å². The molecule has 1 fully saturated rings. The monoisotopic (exact) mass is 247 g/mol. The van der Waals surface area contributed by atoms with Gasteiger partial charge in [-0.25, -0.2) is 0 Å². The largest absolute Gasteiger partial charge is 0.356 e. The smallest absolute Gasteiger partial charge is 0.220 e. The van der Waals surface area contributed by atoms with Crippen molar-refractivity contribution in [3.05, 3.63) is 0 Å². The number of hydrogen-bond donors (Lipinski definition) is 1. The first kappa shape index (κ1) is 11.0. The summed E-state index contributed by atoms with van der Waals surface area (Å²) in [7, 11) is 0. The SMILES string of the molecule is CC(C)C1(CNC(=O)CCBr)CC1. The lowest BCUT2D eigenvalue weighted by Crippen LogP contribution is -2.32. The van der Waals surface area contributed by atoms with Crippen molar-refractivity contribution in [2.45, 2.75) is 33.1 Å². The molecule has 3 heteroatoms. The van der Waals surface area contributed by atoms with Gasteiger partial charge in [0.2, 0.25) is 5.91 Å². The van der Waals surface area contributed by atoms with Crippen LogP contribution in [0.4, 0.5) is 0 Å². The van der Waals surface area contributed by atoms with Gasteiger partial charge in [0.1, 0.15) is 0 Å². The predicted octanol–water partition coefficient (Wildman–Crippen LogP) is 2.32. The second-order valence-corrected chi connectivity index (χ2v) is 5.03. The van der Waals surface area contributed by atoms with Gasteiger partial charge in [-0.15, -0.1) is 0 Å². The zero-order chi connectivity index (χ0) is 9.90. The normalized spacial score (nSPS) is 18.8. The van der Waals surface area contributed by atoms with Crippen LogP contribution in [0, 0.1) is 11.3 Å². The molecule has 1 saturated carbocycles. The lowest BCUT2D eigenvalue weighted by molar-refractivity contribution is -0.121. The Morgan fingerprint density at radius 2 is 2.15 bits per heavy atom. The van der Waals surface area contributed by atoms with Crippen LogP contribution in [0.15, 0.2) is 0 Å². The predicted molar refractivity (Wildman–Crippen MR) is 57.9 cm³/mol. The van der Waals surface area contributed by atoms with Gasteiger partial charge in [-0.1, -0.05) is 29.8 Å². The Balaban J connectivity index is 2.22. The van der Waals surface area contributed by atoms with Crippen molar-refractivity contribution in [3.8, 4) is 0 Å². The molecule has 13 heavy (non-hydrogen) atoms. The third-order valence-corrected chi connectivity index (χ3v) is 3.47. The van der Waals surface area contributed by atoms with Crippen molar-refractivity contribution in [2.24, 2.45) is 11.3 Å². The van der Waals surface area contributed by atoms with Gasteiger partial charge >= 0.3 is 0 Å². The van der Waals surface area contributed by atoms with Crippen molar-refractivity contribution < 1.29 is 4.79 Å². The highest BCUT2D eigenvalue weighted by atomic mass is 79.9.